The zero-order valence-corrected chi connectivity index (χ0v) is 18.4. The van der Waals surface area contributed by atoms with Gasteiger partial charge < -0.3 is 19.9 Å². The van der Waals surface area contributed by atoms with Crippen LogP contribution in [0, 0.1) is 0 Å². The van der Waals surface area contributed by atoms with Gasteiger partial charge in [0.15, 0.2) is 10.5 Å². The summed E-state index contributed by atoms with van der Waals surface area (Å²) in [6, 6.07) is 0. The van der Waals surface area contributed by atoms with Crippen molar-refractivity contribution < 1.29 is 74.6 Å². The lowest BCUT2D eigenvalue weighted by molar-refractivity contribution is -0.201. The third-order valence-electron chi connectivity index (χ3n) is 3.86. The van der Waals surface area contributed by atoms with Crippen molar-refractivity contribution in [1.29, 1.82) is 0 Å². The van der Waals surface area contributed by atoms with Crippen LogP contribution in [0.25, 0.3) is 0 Å². The van der Waals surface area contributed by atoms with E-state index in [1.165, 1.54) is 0 Å². The van der Waals surface area contributed by atoms with Crippen LogP contribution in [-0.4, -0.2) is 106 Å². The minimum absolute atomic E-state index is 0.125. The number of amides is 4. The van der Waals surface area contributed by atoms with E-state index >= 15 is 0 Å². The lowest BCUT2D eigenvalue weighted by Gasteiger charge is -2.14. The molecule has 0 aliphatic carbocycles. The third kappa shape index (κ3) is 7.50. The molecule has 2 aliphatic rings. The highest BCUT2D eigenvalue weighted by molar-refractivity contribution is 7.87. The number of nitrogens with zero attached hydrogens (tertiary/aromatic N) is 2. The molecule has 2 unspecified atom stereocenters. The van der Waals surface area contributed by atoms with Crippen molar-refractivity contribution in [3.05, 3.63) is 0 Å². The van der Waals surface area contributed by atoms with E-state index in [1.54, 1.807) is 0 Å². The number of aliphatic hydroxyl groups is 2. The van der Waals surface area contributed by atoms with Gasteiger partial charge >= 0.3 is 11.9 Å². The standard InChI is InChI=1S/C12H12N2O14S2.C2H6O2/c15-7-3-5(29(21,22)23)11(19)13(7)27-9(17)1-2-10(18)28-14-8(16)4-6(12(14)20)30(24,25)26;3-1-2-4/h5-6H,1-4H2,(H,21,22,23)(H,24,25,26);3-4H,1-2H2. The van der Waals surface area contributed by atoms with Gasteiger partial charge in [0.2, 0.25) is 0 Å². The zero-order chi connectivity index (χ0) is 26.4. The Labute approximate surface area is 190 Å². The summed E-state index contributed by atoms with van der Waals surface area (Å²) in [7, 11) is -9.85. The summed E-state index contributed by atoms with van der Waals surface area (Å²) in [5.74, 6) is -8.32. The van der Waals surface area contributed by atoms with Crippen LogP contribution >= 0.6 is 0 Å². The van der Waals surface area contributed by atoms with Crippen LogP contribution in [0.2, 0.25) is 0 Å². The molecule has 34 heavy (non-hydrogen) atoms. The summed E-state index contributed by atoms with van der Waals surface area (Å²) in [5.41, 5.74) is 0. The molecule has 0 spiro atoms. The first-order valence-electron chi connectivity index (χ1n) is 8.84. The van der Waals surface area contributed by atoms with Gasteiger partial charge in [-0.25, -0.2) is 9.59 Å². The maximum absolute atomic E-state index is 11.7. The highest BCUT2D eigenvalue weighted by atomic mass is 32.2. The fourth-order valence-corrected chi connectivity index (χ4v) is 3.73. The molecular weight excluding hydrogens is 516 g/mol. The van der Waals surface area contributed by atoms with E-state index in [-0.39, 0.29) is 23.3 Å². The van der Waals surface area contributed by atoms with E-state index in [4.69, 9.17) is 19.3 Å². The topological polar surface area (TPSA) is 277 Å². The van der Waals surface area contributed by atoms with E-state index in [0.29, 0.717) is 0 Å². The van der Waals surface area contributed by atoms with Crippen molar-refractivity contribution in [2.45, 2.75) is 36.2 Å². The third-order valence-corrected chi connectivity index (χ3v) is 6.04. The van der Waals surface area contributed by atoms with E-state index in [9.17, 15) is 45.6 Å². The molecule has 20 heteroatoms. The average molecular weight is 534 g/mol. The molecule has 0 aromatic heterocycles. The Bertz CT molecular complexity index is 995. The van der Waals surface area contributed by atoms with Crippen LogP contribution in [0.1, 0.15) is 25.7 Å². The minimum Gasteiger partial charge on any atom is -0.394 e. The maximum atomic E-state index is 11.7. The predicted octanol–water partition coefficient (Wildman–Crippen LogP) is -4.32. The summed E-state index contributed by atoms with van der Waals surface area (Å²) >= 11 is 0. The van der Waals surface area contributed by atoms with Gasteiger partial charge in [-0.3, -0.25) is 28.3 Å². The van der Waals surface area contributed by atoms with E-state index in [1.807, 2.05) is 0 Å². The molecule has 0 aromatic carbocycles. The summed E-state index contributed by atoms with van der Waals surface area (Å²) < 4.78 is 61.6. The Morgan fingerprint density at radius 3 is 1.24 bits per heavy atom. The monoisotopic (exact) mass is 534 g/mol. The van der Waals surface area contributed by atoms with Crippen LogP contribution in [0.3, 0.4) is 0 Å². The van der Waals surface area contributed by atoms with Crippen LogP contribution < -0.4 is 0 Å². The van der Waals surface area contributed by atoms with Gasteiger partial charge in [-0.15, -0.1) is 10.1 Å². The van der Waals surface area contributed by atoms with Gasteiger partial charge in [-0.05, 0) is 0 Å². The fourth-order valence-electron chi connectivity index (χ4n) is 2.32. The SMILES string of the molecule is O=C(CCC(=O)ON1C(=O)CC(S(=O)(=O)O)C1=O)ON1C(=O)CC(S(=O)(=O)O)C1=O.OCCO. The van der Waals surface area contributed by atoms with Crippen molar-refractivity contribution in [1.82, 2.24) is 10.1 Å². The van der Waals surface area contributed by atoms with Crippen LogP contribution in [-0.2, 0) is 58.7 Å². The Kier molecular flexibility index (Phi) is 9.72. The molecule has 0 bridgehead atoms. The number of carbonyl (C=O) groups is 6. The molecule has 18 nitrogen and oxygen atoms in total. The minimum atomic E-state index is -4.93. The van der Waals surface area contributed by atoms with Crippen LogP contribution in [0.4, 0.5) is 0 Å². The second kappa shape index (κ2) is 11.4. The van der Waals surface area contributed by atoms with Gasteiger partial charge in [0, 0.05) is 0 Å². The van der Waals surface area contributed by atoms with Crippen molar-refractivity contribution in [3.8, 4) is 0 Å². The first-order chi connectivity index (χ1) is 15.5. The molecule has 192 valence electrons. The first-order valence-corrected chi connectivity index (χ1v) is 11.8. The van der Waals surface area contributed by atoms with Crippen LogP contribution in [0.15, 0.2) is 0 Å². The highest BCUT2D eigenvalue weighted by Gasteiger charge is 2.49. The smallest absolute Gasteiger partial charge is 0.333 e. The Balaban J connectivity index is 0.00000133. The molecular formula is C14H18N2O16S2. The molecule has 2 atom stereocenters. The lowest BCUT2D eigenvalue weighted by atomic mass is 10.3. The number of hydrogen-bond acceptors (Lipinski definition) is 14. The normalized spacial score (nSPS) is 20.8. The maximum Gasteiger partial charge on any atom is 0.333 e. The number of imide groups is 2. The molecule has 0 saturated carbocycles. The van der Waals surface area contributed by atoms with Gasteiger partial charge in [0.05, 0.1) is 38.9 Å². The second-order valence-electron chi connectivity index (χ2n) is 6.34. The van der Waals surface area contributed by atoms with Crippen molar-refractivity contribution >= 4 is 55.8 Å². The average Bonchev–Trinajstić information content (AvgIpc) is 3.17. The second-order valence-corrected chi connectivity index (χ2v) is 9.54. The molecule has 4 N–H and O–H groups in total. The molecule has 2 saturated heterocycles. The number of aliphatic hydroxyl groups excluding tert-OH is 2. The quantitative estimate of drug-likeness (QED) is 0.169. The van der Waals surface area contributed by atoms with E-state index < -0.39 is 92.0 Å². The molecule has 2 fully saturated rings. The number of hydrogen-bond donors (Lipinski definition) is 4. The van der Waals surface area contributed by atoms with E-state index in [0.717, 1.165) is 0 Å². The molecule has 2 heterocycles. The van der Waals surface area contributed by atoms with Gasteiger partial charge in [-0.2, -0.15) is 16.8 Å². The molecule has 0 aromatic rings. The number of hydroxylamine groups is 4. The Hall–Kier alpha value is -3.04. The van der Waals surface area contributed by atoms with Crippen molar-refractivity contribution in [3.63, 3.8) is 0 Å². The van der Waals surface area contributed by atoms with Gasteiger partial charge in [-0.1, -0.05) is 0 Å². The molecule has 2 rings (SSSR count). The van der Waals surface area contributed by atoms with Crippen LogP contribution in [0.5, 0.6) is 0 Å². The number of carbonyl (C=O) groups excluding carboxylic acids is 6. The molecule has 4 amide bonds. The van der Waals surface area contributed by atoms with Crippen molar-refractivity contribution in [2.75, 3.05) is 13.2 Å². The van der Waals surface area contributed by atoms with Gasteiger partial charge in [0.1, 0.15) is 0 Å². The molecule has 0 radical (unpaired) electrons. The zero-order valence-electron chi connectivity index (χ0n) is 16.8. The first kappa shape index (κ1) is 29.0. The largest absolute Gasteiger partial charge is 0.394 e. The summed E-state index contributed by atoms with van der Waals surface area (Å²) in [5, 5.41) is 10.6. The summed E-state index contributed by atoms with van der Waals surface area (Å²) in [6.07, 6.45) is -3.68. The lowest BCUT2D eigenvalue weighted by Crippen LogP contribution is -2.37. The predicted molar refractivity (Wildman–Crippen MR) is 99.2 cm³/mol. The fraction of sp³-hybridized carbons (Fsp3) is 0.571. The van der Waals surface area contributed by atoms with E-state index in [2.05, 4.69) is 9.68 Å². The highest BCUT2D eigenvalue weighted by Crippen LogP contribution is 2.21. The summed E-state index contributed by atoms with van der Waals surface area (Å²) in [4.78, 5) is 78.5. The Morgan fingerprint density at radius 2 is 1.03 bits per heavy atom. The Morgan fingerprint density at radius 1 is 0.735 bits per heavy atom. The van der Waals surface area contributed by atoms with Crippen molar-refractivity contribution in [2.24, 2.45) is 0 Å². The summed E-state index contributed by atoms with van der Waals surface area (Å²) in [6.45, 7) is -0.250. The van der Waals surface area contributed by atoms with Gasteiger partial charge in [0.25, 0.3) is 43.9 Å². The molecule has 2 aliphatic heterocycles. The number of rotatable bonds is 8.